The number of hydrogen-bond acceptors (Lipinski definition) is 5. The zero-order valence-corrected chi connectivity index (χ0v) is 11.4. The van der Waals surface area contributed by atoms with Gasteiger partial charge in [0.15, 0.2) is 0 Å². The molecule has 0 aliphatic rings. The zero-order valence-electron chi connectivity index (χ0n) is 10.5. The van der Waals surface area contributed by atoms with Gasteiger partial charge in [0.25, 0.3) is 5.69 Å². The van der Waals surface area contributed by atoms with Crippen LogP contribution in [0.4, 0.5) is 10.1 Å². The highest BCUT2D eigenvalue weighted by atomic mass is 32.2. The second-order valence-corrected chi connectivity index (χ2v) is 5.64. The Kier molecular flexibility index (Phi) is 5.12. The highest BCUT2D eigenvalue weighted by molar-refractivity contribution is 7.89. The first-order valence-electron chi connectivity index (χ1n) is 5.65. The molecule has 9 heteroatoms. The number of halogens is 1. The predicted octanol–water partition coefficient (Wildman–Crippen LogP) is 1.70. The van der Waals surface area contributed by atoms with Crippen LogP contribution in [0.1, 0.15) is 19.8 Å². The number of rotatable bonds is 6. The van der Waals surface area contributed by atoms with Gasteiger partial charge >= 0.3 is 0 Å². The van der Waals surface area contributed by atoms with Gasteiger partial charge in [0.1, 0.15) is 10.7 Å². The minimum Gasteiger partial charge on any atom is -0.258 e. The van der Waals surface area contributed by atoms with Crippen LogP contribution in [-0.4, -0.2) is 19.4 Å². The summed E-state index contributed by atoms with van der Waals surface area (Å²) >= 11 is 0. The van der Waals surface area contributed by atoms with Gasteiger partial charge < -0.3 is 0 Å². The summed E-state index contributed by atoms with van der Waals surface area (Å²) in [6.07, 6.45) is 0.260. The molecule has 1 N–H and O–H groups in total. The van der Waals surface area contributed by atoms with Crippen molar-refractivity contribution in [2.75, 3.05) is 0 Å². The Hall–Kier alpha value is -2.05. The third-order valence-electron chi connectivity index (χ3n) is 2.57. The van der Waals surface area contributed by atoms with Gasteiger partial charge in [-0.3, -0.25) is 10.1 Å². The quantitative estimate of drug-likeness (QED) is 0.634. The standard InChI is InChI=1S/C11H12FN3O4S/c1-2-8(5-6-13)14-20(18,19)11-7-9(15(16)17)3-4-10(11)12/h3-4,7-8,14H,2,5H2,1H3. The Balaban J connectivity index is 3.18. The van der Waals surface area contributed by atoms with Crippen LogP contribution in [-0.2, 0) is 10.0 Å². The Bertz CT molecular complexity index is 654. The van der Waals surface area contributed by atoms with Crippen molar-refractivity contribution in [3.8, 4) is 6.07 Å². The second-order valence-electron chi connectivity index (χ2n) is 3.96. The summed E-state index contributed by atoms with van der Waals surface area (Å²) in [5.74, 6) is -1.09. The number of benzene rings is 1. The van der Waals surface area contributed by atoms with Crippen molar-refractivity contribution in [3.05, 3.63) is 34.1 Å². The van der Waals surface area contributed by atoms with Gasteiger partial charge in [0.05, 0.1) is 17.4 Å². The molecule has 1 unspecified atom stereocenters. The van der Waals surface area contributed by atoms with Gasteiger partial charge in [-0.25, -0.2) is 17.5 Å². The van der Waals surface area contributed by atoms with E-state index < -0.39 is 37.4 Å². The maximum atomic E-state index is 13.6. The molecule has 0 amide bonds. The van der Waals surface area contributed by atoms with E-state index in [4.69, 9.17) is 5.26 Å². The molecule has 1 atom stereocenters. The molecule has 108 valence electrons. The fraction of sp³-hybridized carbons (Fsp3) is 0.364. The number of nitrogens with zero attached hydrogens (tertiary/aromatic N) is 2. The zero-order chi connectivity index (χ0) is 15.3. The van der Waals surface area contributed by atoms with Crippen molar-refractivity contribution >= 4 is 15.7 Å². The van der Waals surface area contributed by atoms with E-state index in [0.29, 0.717) is 12.5 Å². The minimum atomic E-state index is -4.26. The van der Waals surface area contributed by atoms with Gasteiger partial charge in [-0.05, 0) is 12.5 Å². The van der Waals surface area contributed by atoms with Crippen molar-refractivity contribution in [1.29, 1.82) is 5.26 Å². The van der Waals surface area contributed by atoms with E-state index >= 15 is 0 Å². The average molecular weight is 301 g/mol. The highest BCUT2D eigenvalue weighted by Crippen LogP contribution is 2.21. The summed E-state index contributed by atoms with van der Waals surface area (Å²) in [4.78, 5) is 8.98. The molecule has 0 radical (unpaired) electrons. The van der Waals surface area contributed by atoms with Crippen LogP contribution in [0.25, 0.3) is 0 Å². The second kappa shape index (κ2) is 6.40. The molecule has 0 saturated carbocycles. The molecule has 0 bridgehead atoms. The molecule has 0 saturated heterocycles. The van der Waals surface area contributed by atoms with Crippen molar-refractivity contribution in [2.24, 2.45) is 0 Å². The van der Waals surface area contributed by atoms with Gasteiger partial charge in [0, 0.05) is 18.2 Å². The van der Waals surface area contributed by atoms with E-state index in [1.807, 2.05) is 6.07 Å². The molecular weight excluding hydrogens is 289 g/mol. The lowest BCUT2D eigenvalue weighted by atomic mass is 10.2. The third kappa shape index (κ3) is 3.72. The first-order valence-corrected chi connectivity index (χ1v) is 7.13. The number of nitriles is 1. The van der Waals surface area contributed by atoms with E-state index in [9.17, 15) is 22.9 Å². The topological polar surface area (TPSA) is 113 Å². The summed E-state index contributed by atoms with van der Waals surface area (Å²) < 4.78 is 39.7. The molecule has 1 rings (SSSR count). The van der Waals surface area contributed by atoms with Crippen LogP contribution in [0.2, 0.25) is 0 Å². The Morgan fingerprint density at radius 3 is 2.70 bits per heavy atom. The monoisotopic (exact) mass is 301 g/mol. The highest BCUT2D eigenvalue weighted by Gasteiger charge is 2.25. The van der Waals surface area contributed by atoms with Crippen molar-refractivity contribution in [2.45, 2.75) is 30.7 Å². The molecule has 0 spiro atoms. The summed E-state index contributed by atoms with van der Waals surface area (Å²) in [5.41, 5.74) is -0.528. The van der Waals surface area contributed by atoms with Crippen LogP contribution >= 0.6 is 0 Å². The van der Waals surface area contributed by atoms with Crippen molar-refractivity contribution in [1.82, 2.24) is 4.72 Å². The fourth-order valence-electron chi connectivity index (χ4n) is 1.47. The van der Waals surface area contributed by atoms with Gasteiger partial charge in [0.2, 0.25) is 10.0 Å². The van der Waals surface area contributed by atoms with E-state index in [-0.39, 0.29) is 6.42 Å². The molecular formula is C11H12FN3O4S. The molecule has 1 aromatic carbocycles. The number of nitrogens with one attached hydrogen (secondary N) is 1. The Morgan fingerprint density at radius 1 is 1.55 bits per heavy atom. The number of nitro groups is 1. The van der Waals surface area contributed by atoms with Crippen LogP contribution in [0, 0.1) is 27.3 Å². The maximum absolute atomic E-state index is 13.6. The summed E-state index contributed by atoms with van der Waals surface area (Å²) in [6.45, 7) is 1.66. The summed E-state index contributed by atoms with van der Waals surface area (Å²) in [6, 6.07) is 3.38. The summed E-state index contributed by atoms with van der Waals surface area (Å²) in [5, 5.41) is 19.2. The number of nitro benzene ring substituents is 1. The number of non-ortho nitro benzene ring substituents is 1. The average Bonchev–Trinajstić information content (AvgIpc) is 2.37. The third-order valence-corrected chi connectivity index (χ3v) is 4.10. The Labute approximate surface area is 115 Å². The lowest BCUT2D eigenvalue weighted by Crippen LogP contribution is -2.34. The molecule has 0 aliphatic heterocycles. The van der Waals surface area contributed by atoms with Crippen LogP contribution in [0.5, 0.6) is 0 Å². The van der Waals surface area contributed by atoms with E-state index in [1.165, 1.54) is 0 Å². The lowest BCUT2D eigenvalue weighted by molar-refractivity contribution is -0.385. The van der Waals surface area contributed by atoms with Crippen molar-refractivity contribution < 1.29 is 17.7 Å². The maximum Gasteiger partial charge on any atom is 0.270 e. The smallest absolute Gasteiger partial charge is 0.258 e. The lowest BCUT2D eigenvalue weighted by Gasteiger charge is -2.14. The van der Waals surface area contributed by atoms with E-state index in [2.05, 4.69) is 4.72 Å². The SMILES string of the molecule is CCC(CC#N)NS(=O)(=O)c1cc([N+](=O)[O-])ccc1F. The van der Waals surface area contributed by atoms with E-state index in [0.717, 1.165) is 12.1 Å². The van der Waals surface area contributed by atoms with Gasteiger partial charge in [-0.15, -0.1) is 0 Å². The van der Waals surface area contributed by atoms with Gasteiger partial charge in [-0.2, -0.15) is 5.26 Å². The normalized spacial score (nSPS) is 12.7. The minimum absolute atomic E-state index is 0.0771. The molecule has 0 fully saturated rings. The molecule has 20 heavy (non-hydrogen) atoms. The molecule has 7 nitrogen and oxygen atoms in total. The number of hydrogen-bond donors (Lipinski definition) is 1. The van der Waals surface area contributed by atoms with Gasteiger partial charge in [-0.1, -0.05) is 6.92 Å². The number of sulfonamides is 1. The Morgan fingerprint density at radius 2 is 2.20 bits per heavy atom. The van der Waals surface area contributed by atoms with E-state index in [1.54, 1.807) is 6.92 Å². The first kappa shape index (κ1) is 16.0. The molecule has 0 heterocycles. The first-order chi connectivity index (χ1) is 9.31. The molecule has 1 aromatic rings. The van der Waals surface area contributed by atoms with Crippen LogP contribution < -0.4 is 4.72 Å². The van der Waals surface area contributed by atoms with Crippen LogP contribution in [0.15, 0.2) is 23.1 Å². The molecule has 0 aliphatic carbocycles. The predicted molar refractivity (Wildman–Crippen MR) is 67.7 cm³/mol. The fourth-order valence-corrected chi connectivity index (χ4v) is 2.89. The van der Waals surface area contributed by atoms with Crippen LogP contribution in [0.3, 0.4) is 0 Å². The largest absolute Gasteiger partial charge is 0.270 e. The van der Waals surface area contributed by atoms with Crippen molar-refractivity contribution in [3.63, 3.8) is 0 Å². The summed E-state index contributed by atoms with van der Waals surface area (Å²) in [7, 11) is -4.26. The molecule has 0 aromatic heterocycles.